The SMILES string of the molecule is CCCC(CCC)S(=O)(=O)c1cccc(/C=C/CN)c1. The predicted octanol–water partition coefficient (Wildman–Crippen LogP) is 3.40. The average Bonchev–Trinajstić information content (AvgIpc) is 2.45. The molecule has 0 radical (unpaired) electrons. The maximum absolute atomic E-state index is 12.7. The molecule has 0 saturated carbocycles. The molecule has 0 amide bonds. The Morgan fingerprint density at radius 3 is 2.40 bits per heavy atom. The van der Waals surface area contributed by atoms with E-state index in [1.165, 1.54) is 0 Å². The zero-order chi connectivity index (χ0) is 15.0. The third-order valence-corrected chi connectivity index (χ3v) is 5.55. The van der Waals surface area contributed by atoms with Gasteiger partial charge in [0.15, 0.2) is 9.84 Å². The van der Waals surface area contributed by atoms with Crippen molar-refractivity contribution >= 4 is 15.9 Å². The van der Waals surface area contributed by atoms with Crippen molar-refractivity contribution in [2.24, 2.45) is 5.73 Å². The Hall–Kier alpha value is -1.13. The molecule has 0 spiro atoms. The van der Waals surface area contributed by atoms with Crippen molar-refractivity contribution in [3.8, 4) is 0 Å². The monoisotopic (exact) mass is 295 g/mol. The molecule has 3 nitrogen and oxygen atoms in total. The molecular formula is C16H25NO2S. The van der Waals surface area contributed by atoms with E-state index in [2.05, 4.69) is 0 Å². The molecule has 0 bridgehead atoms. The number of benzene rings is 1. The van der Waals surface area contributed by atoms with Gasteiger partial charge < -0.3 is 5.73 Å². The lowest BCUT2D eigenvalue weighted by Gasteiger charge is -2.16. The molecule has 20 heavy (non-hydrogen) atoms. The van der Waals surface area contributed by atoms with Gasteiger partial charge in [-0.1, -0.05) is 51.0 Å². The first kappa shape index (κ1) is 16.9. The summed E-state index contributed by atoms with van der Waals surface area (Å²) in [4.78, 5) is 0.420. The van der Waals surface area contributed by atoms with Crippen molar-refractivity contribution in [3.05, 3.63) is 35.9 Å². The topological polar surface area (TPSA) is 60.2 Å². The van der Waals surface area contributed by atoms with Crippen LogP contribution >= 0.6 is 0 Å². The van der Waals surface area contributed by atoms with Crippen molar-refractivity contribution in [2.45, 2.75) is 49.7 Å². The van der Waals surface area contributed by atoms with Gasteiger partial charge >= 0.3 is 0 Å². The van der Waals surface area contributed by atoms with Gasteiger partial charge in [-0.05, 0) is 30.5 Å². The third-order valence-electron chi connectivity index (χ3n) is 3.29. The van der Waals surface area contributed by atoms with Gasteiger partial charge in [-0.3, -0.25) is 0 Å². The number of hydrogen-bond donors (Lipinski definition) is 1. The van der Waals surface area contributed by atoms with E-state index in [0.29, 0.717) is 11.4 Å². The number of sulfone groups is 1. The first-order valence-electron chi connectivity index (χ1n) is 7.26. The van der Waals surface area contributed by atoms with Gasteiger partial charge in [-0.25, -0.2) is 8.42 Å². The second-order valence-electron chi connectivity index (χ2n) is 4.95. The largest absolute Gasteiger partial charge is 0.327 e. The lowest BCUT2D eigenvalue weighted by atomic mass is 10.2. The Labute approximate surface area is 122 Å². The van der Waals surface area contributed by atoms with Crippen LogP contribution in [0.3, 0.4) is 0 Å². The molecule has 1 rings (SSSR count). The van der Waals surface area contributed by atoms with E-state index in [-0.39, 0.29) is 5.25 Å². The zero-order valence-electron chi connectivity index (χ0n) is 12.4. The fraction of sp³-hybridized carbons (Fsp3) is 0.500. The minimum atomic E-state index is -3.24. The van der Waals surface area contributed by atoms with Crippen molar-refractivity contribution in [1.82, 2.24) is 0 Å². The molecule has 2 N–H and O–H groups in total. The minimum absolute atomic E-state index is 0.272. The Morgan fingerprint density at radius 2 is 1.85 bits per heavy atom. The highest BCUT2D eigenvalue weighted by molar-refractivity contribution is 7.92. The number of rotatable bonds is 8. The molecule has 0 atom stereocenters. The van der Waals surface area contributed by atoms with Crippen molar-refractivity contribution in [1.29, 1.82) is 0 Å². The summed E-state index contributed by atoms with van der Waals surface area (Å²) in [7, 11) is -3.24. The van der Waals surface area contributed by atoms with Crippen LogP contribution in [0.15, 0.2) is 35.2 Å². The van der Waals surface area contributed by atoms with Crippen LogP contribution in [0.25, 0.3) is 6.08 Å². The summed E-state index contributed by atoms with van der Waals surface area (Å²) in [5.41, 5.74) is 6.30. The second-order valence-corrected chi connectivity index (χ2v) is 7.18. The summed E-state index contributed by atoms with van der Waals surface area (Å²) >= 11 is 0. The van der Waals surface area contributed by atoms with Crippen molar-refractivity contribution < 1.29 is 8.42 Å². The summed E-state index contributed by atoms with van der Waals surface area (Å²) in [6.45, 7) is 4.50. The van der Waals surface area contributed by atoms with E-state index in [1.54, 1.807) is 18.2 Å². The molecule has 112 valence electrons. The van der Waals surface area contributed by atoms with Crippen LogP contribution in [0, 0.1) is 0 Å². The number of hydrogen-bond acceptors (Lipinski definition) is 3. The molecule has 4 heteroatoms. The molecule has 0 fully saturated rings. The normalized spacial score (nSPS) is 12.4. The van der Waals surface area contributed by atoms with Crippen molar-refractivity contribution in [2.75, 3.05) is 6.54 Å². The number of nitrogens with two attached hydrogens (primary N) is 1. The van der Waals surface area contributed by atoms with E-state index in [1.807, 2.05) is 32.1 Å². The maximum atomic E-state index is 12.7. The maximum Gasteiger partial charge on any atom is 0.181 e. The second kappa shape index (κ2) is 8.22. The molecule has 0 aliphatic carbocycles. The lowest BCUT2D eigenvalue weighted by Crippen LogP contribution is -2.21. The summed E-state index contributed by atoms with van der Waals surface area (Å²) in [6, 6.07) is 7.10. The molecule has 0 heterocycles. The van der Waals surface area contributed by atoms with Crippen LogP contribution in [0.4, 0.5) is 0 Å². The Balaban J connectivity index is 3.09. The zero-order valence-corrected chi connectivity index (χ0v) is 13.2. The average molecular weight is 295 g/mol. The Kier molecular flexibility index (Phi) is 6.96. The quantitative estimate of drug-likeness (QED) is 0.799. The molecule has 0 aromatic heterocycles. The van der Waals surface area contributed by atoms with E-state index in [0.717, 1.165) is 31.2 Å². The van der Waals surface area contributed by atoms with E-state index in [9.17, 15) is 8.42 Å². The van der Waals surface area contributed by atoms with Crippen LogP contribution in [0.5, 0.6) is 0 Å². The highest BCUT2D eigenvalue weighted by Crippen LogP contribution is 2.24. The van der Waals surface area contributed by atoms with Crippen LogP contribution in [-0.2, 0) is 9.84 Å². The first-order valence-corrected chi connectivity index (χ1v) is 8.81. The van der Waals surface area contributed by atoms with Gasteiger partial charge in [-0.15, -0.1) is 0 Å². The van der Waals surface area contributed by atoms with E-state index >= 15 is 0 Å². The Morgan fingerprint density at radius 1 is 1.20 bits per heavy atom. The van der Waals surface area contributed by atoms with Gasteiger partial charge in [0.25, 0.3) is 0 Å². The third kappa shape index (κ3) is 4.46. The summed E-state index contributed by atoms with van der Waals surface area (Å²) in [5, 5.41) is -0.272. The van der Waals surface area contributed by atoms with Gasteiger partial charge in [0.1, 0.15) is 0 Å². The summed E-state index contributed by atoms with van der Waals surface area (Å²) < 4.78 is 25.4. The van der Waals surface area contributed by atoms with Gasteiger partial charge in [-0.2, -0.15) is 0 Å². The smallest absolute Gasteiger partial charge is 0.181 e. The van der Waals surface area contributed by atoms with Crippen LogP contribution < -0.4 is 5.73 Å². The summed E-state index contributed by atoms with van der Waals surface area (Å²) in [5.74, 6) is 0. The molecule has 0 aliphatic heterocycles. The molecule has 1 aromatic rings. The van der Waals surface area contributed by atoms with Gasteiger partial charge in [0.05, 0.1) is 10.1 Å². The molecule has 0 aliphatic rings. The highest BCUT2D eigenvalue weighted by Gasteiger charge is 2.25. The predicted molar refractivity (Wildman–Crippen MR) is 85.3 cm³/mol. The minimum Gasteiger partial charge on any atom is -0.327 e. The van der Waals surface area contributed by atoms with E-state index < -0.39 is 9.84 Å². The Bertz CT molecular complexity index is 529. The molecule has 0 unspecified atom stereocenters. The van der Waals surface area contributed by atoms with Crippen LogP contribution in [0.1, 0.15) is 45.1 Å². The standard InChI is InChI=1S/C16H25NO2S/c1-3-7-15(8-4-2)20(18,19)16-11-5-9-14(13-16)10-6-12-17/h5-6,9-11,13,15H,3-4,7-8,12,17H2,1-2H3/b10-6+. The lowest BCUT2D eigenvalue weighted by molar-refractivity contribution is 0.555. The first-order chi connectivity index (χ1) is 9.56. The molecule has 0 saturated heterocycles. The summed E-state index contributed by atoms with van der Waals surface area (Å²) in [6.07, 6.45) is 6.89. The van der Waals surface area contributed by atoms with Gasteiger partial charge in [0, 0.05) is 6.54 Å². The van der Waals surface area contributed by atoms with Crippen molar-refractivity contribution in [3.63, 3.8) is 0 Å². The fourth-order valence-corrected chi connectivity index (χ4v) is 4.34. The van der Waals surface area contributed by atoms with Crippen LogP contribution in [0.2, 0.25) is 0 Å². The fourth-order valence-electron chi connectivity index (χ4n) is 2.29. The van der Waals surface area contributed by atoms with E-state index in [4.69, 9.17) is 5.73 Å². The van der Waals surface area contributed by atoms with Crippen LogP contribution in [-0.4, -0.2) is 20.2 Å². The van der Waals surface area contributed by atoms with Gasteiger partial charge in [0.2, 0.25) is 0 Å². The molecular weight excluding hydrogens is 270 g/mol. The highest BCUT2D eigenvalue weighted by atomic mass is 32.2. The molecule has 1 aromatic carbocycles.